The number of hydrogen-bond donors (Lipinski definition) is 1. The minimum absolute atomic E-state index is 0.0210. The number of carbonyl (C=O) groups is 2. The quantitative estimate of drug-likeness (QED) is 0.791. The third kappa shape index (κ3) is 5.72. The monoisotopic (exact) mass is 369 g/mol. The lowest BCUT2D eigenvalue weighted by atomic mass is 10.3. The van der Waals surface area contributed by atoms with Gasteiger partial charge < -0.3 is 14.8 Å². The summed E-state index contributed by atoms with van der Waals surface area (Å²) in [5.41, 5.74) is 0.194. The summed E-state index contributed by atoms with van der Waals surface area (Å²) in [6.07, 6.45) is -0.993. The molecule has 8 heteroatoms. The molecule has 0 aliphatic rings. The number of anilines is 1. The molecule has 0 fully saturated rings. The van der Waals surface area contributed by atoms with Crippen molar-refractivity contribution in [2.45, 2.75) is 13.0 Å². The van der Waals surface area contributed by atoms with Gasteiger partial charge in [0.15, 0.2) is 12.7 Å². The molecule has 0 aliphatic carbocycles. The van der Waals surface area contributed by atoms with Crippen molar-refractivity contribution in [3.63, 3.8) is 0 Å². The van der Waals surface area contributed by atoms with Crippen LogP contribution in [0.3, 0.4) is 0 Å². The first-order valence-corrected chi connectivity index (χ1v) is 7.56. The van der Waals surface area contributed by atoms with Gasteiger partial charge >= 0.3 is 5.97 Å². The van der Waals surface area contributed by atoms with Crippen LogP contribution in [0.4, 0.5) is 14.5 Å². The summed E-state index contributed by atoms with van der Waals surface area (Å²) in [5, 5.41) is 2.41. The van der Waals surface area contributed by atoms with Gasteiger partial charge in [0, 0.05) is 0 Å². The van der Waals surface area contributed by atoms with Gasteiger partial charge in [-0.25, -0.2) is 13.6 Å². The van der Waals surface area contributed by atoms with Crippen LogP contribution in [0.25, 0.3) is 0 Å². The summed E-state index contributed by atoms with van der Waals surface area (Å²) >= 11 is 5.78. The fourth-order valence-corrected chi connectivity index (χ4v) is 2.01. The zero-order valence-electron chi connectivity index (χ0n) is 13.1. The number of amides is 1. The highest BCUT2D eigenvalue weighted by molar-refractivity contribution is 6.33. The maximum Gasteiger partial charge on any atom is 0.347 e. The number of esters is 1. The summed E-state index contributed by atoms with van der Waals surface area (Å²) in [5.74, 6) is -2.10. The summed E-state index contributed by atoms with van der Waals surface area (Å²) in [4.78, 5) is 23.6. The molecule has 132 valence electrons. The molecule has 1 atom stereocenters. The van der Waals surface area contributed by atoms with Crippen molar-refractivity contribution >= 4 is 29.2 Å². The Kier molecular flexibility index (Phi) is 6.30. The van der Waals surface area contributed by atoms with E-state index < -0.39 is 36.2 Å². The second kappa shape index (κ2) is 8.43. The largest absolute Gasteiger partial charge is 0.479 e. The van der Waals surface area contributed by atoms with E-state index in [4.69, 9.17) is 21.1 Å². The molecule has 0 spiro atoms. The third-order valence-electron chi connectivity index (χ3n) is 3.01. The molecule has 0 heterocycles. The summed E-state index contributed by atoms with van der Waals surface area (Å²) < 4.78 is 35.8. The van der Waals surface area contributed by atoms with Gasteiger partial charge in [0.25, 0.3) is 5.91 Å². The normalized spacial score (nSPS) is 11.5. The van der Waals surface area contributed by atoms with Gasteiger partial charge in [-0.3, -0.25) is 4.79 Å². The second-order valence-electron chi connectivity index (χ2n) is 4.99. The summed E-state index contributed by atoms with van der Waals surface area (Å²) in [6.45, 7) is 0.865. The Bertz CT molecular complexity index is 768. The number of carbonyl (C=O) groups excluding carboxylic acids is 2. The lowest BCUT2D eigenvalue weighted by Crippen LogP contribution is -2.29. The lowest BCUT2D eigenvalue weighted by molar-refractivity contribution is -0.153. The molecule has 0 saturated heterocycles. The van der Waals surface area contributed by atoms with Crippen LogP contribution >= 0.6 is 11.6 Å². The van der Waals surface area contributed by atoms with Crippen molar-refractivity contribution in [3.8, 4) is 5.75 Å². The molecule has 1 N–H and O–H groups in total. The van der Waals surface area contributed by atoms with E-state index in [0.717, 1.165) is 12.1 Å². The van der Waals surface area contributed by atoms with Gasteiger partial charge in [-0.1, -0.05) is 11.6 Å². The SMILES string of the molecule is C[C@H](Oc1ccc(F)cc1)C(=O)OCC(=O)Nc1ccc(F)cc1Cl. The average Bonchev–Trinajstić information content (AvgIpc) is 2.57. The van der Waals surface area contributed by atoms with E-state index in [1.54, 1.807) is 0 Å². The molecule has 2 rings (SSSR count). The minimum atomic E-state index is -0.993. The molecule has 0 saturated carbocycles. The van der Waals surface area contributed by atoms with Gasteiger partial charge in [-0.2, -0.15) is 0 Å². The van der Waals surface area contributed by atoms with E-state index >= 15 is 0 Å². The van der Waals surface area contributed by atoms with Gasteiger partial charge in [0.1, 0.15) is 17.4 Å². The summed E-state index contributed by atoms with van der Waals surface area (Å²) in [7, 11) is 0. The lowest BCUT2D eigenvalue weighted by Gasteiger charge is -2.14. The van der Waals surface area contributed by atoms with Crippen LogP contribution in [0.1, 0.15) is 6.92 Å². The van der Waals surface area contributed by atoms with E-state index in [1.807, 2.05) is 0 Å². The Labute approximate surface area is 147 Å². The number of benzene rings is 2. The Morgan fingerprint density at radius 1 is 1.12 bits per heavy atom. The van der Waals surface area contributed by atoms with Crippen LogP contribution in [-0.4, -0.2) is 24.6 Å². The van der Waals surface area contributed by atoms with Crippen LogP contribution in [0, 0.1) is 11.6 Å². The fourth-order valence-electron chi connectivity index (χ4n) is 1.80. The standard InChI is InChI=1S/C17H14ClF2NO4/c1-10(25-13-5-2-11(19)3-6-13)17(23)24-9-16(22)21-15-7-4-12(20)8-14(15)18/h2-8,10H,9H2,1H3,(H,21,22)/t10-/m0/s1. The maximum atomic E-state index is 12.9. The Morgan fingerprint density at radius 2 is 1.76 bits per heavy atom. The molecule has 5 nitrogen and oxygen atoms in total. The predicted octanol–water partition coefficient (Wildman–Crippen LogP) is 3.57. The van der Waals surface area contributed by atoms with Crippen molar-refractivity contribution in [1.82, 2.24) is 0 Å². The number of rotatable bonds is 6. The minimum Gasteiger partial charge on any atom is -0.479 e. The third-order valence-corrected chi connectivity index (χ3v) is 3.32. The first-order valence-electron chi connectivity index (χ1n) is 7.19. The van der Waals surface area contributed by atoms with E-state index in [-0.39, 0.29) is 16.5 Å². The first kappa shape index (κ1) is 18.7. The zero-order valence-corrected chi connectivity index (χ0v) is 13.8. The highest BCUT2D eigenvalue weighted by atomic mass is 35.5. The fraction of sp³-hybridized carbons (Fsp3) is 0.176. The van der Waals surface area contributed by atoms with E-state index in [0.29, 0.717) is 0 Å². The first-order chi connectivity index (χ1) is 11.8. The van der Waals surface area contributed by atoms with Gasteiger partial charge in [-0.15, -0.1) is 0 Å². The average molecular weight is 370 g/mol. The van der Waals surface area contributed by atoms with E-state index in [2.05, 4.69) is 5.32 Å². The van der Waals surface area contributed by atoms with Crippen LogP contribution in [0.15, 0.2) is 42.5 Å². The van der Waals surface area contributed by atoms with Crippen molar-refractivity contribution in [2.24, 2.45) is 0 Å². The molecule has 25 heavy (non-hydrogen) atoms. The maximum absolute atomic E-state index is 12.9. The number of halogens is 3. The smallest absolute Gasteiger partial charge is 0.347 e. The molecule has 0 aromatic heterocycles. The van der Waals surface area contributed by atoms with Crippen LogP contribution in [0.2, 0.25) is 5.02 Å². The Morgan fingerprint density at radius 3 is 2.40 bits per heavy atom. The second-order valence-corrected chi connectivity index (χ2v) is 5.40. The highest BCUT2D eigenvalue weighted by Crippen LogP contribution is 2.22. The van der Waals surface area contributed by atoms with Crippen molar-refractivity contribution in [3.05, 3.63) is 59.1 Å². The van der Waals surface area contributed by atoms with Crippen LogP contribution in [0.5, 0.6) is 5.75 Å². The number of nitrogens with one attached hydrogen (secondary N) is 1. The number of ether oxygens (including phenoxy) is 2. The topological polar surface area (TPSA) is 64.6 Å². The molecular formula is C17H14ClF2NO4. The van der Waals surface area contributed by atoms with Gasteiger partial charge in [-0.05, 0) is 49.4 Å². The van der Waals surface area contributed by atoms with Gasteiger partial charge in [0.05, 0.1) is 10.7 Å². The van der Waals surface area contributed by atoms with E-state index in [1.165, 1.54) is 37.3 Å². The highest BCUT2D eigenvalue weighted by Gasteiger charge is 2.18. The molecular weight excluding hydrogens is 356 g/mol. The molecule has 2 aromatic rings. The van der Waals surface area contributed by atoms with Crippen molar-refractivity contribution in [2.75, 3.05) is 11.9 Å². The zero-order chi connectivity index (χ0) is 18.4. The summed E-state index contributed by atoms with van der Waals surface area (Å²) in [6, 6.07) is 8.57. The number of hydrogen-bond acceptors (Lipinski definition) is 4. The Hall–Kier alpha value is -2.67. The van der Waals surface area contributed by atoms with Crippen LogP contribution in [-0.2, 0) is 14.3 Å². The van der Waals surface area contributed by atoms with Gasteiger partial charge in [0.2, 0.25) is 0 Å². The van der Waals surface area contributed by atoms with Crippen molar-refractivity contribution in [1.29, 1.82) is 0 Å². The molecule has 0 bridgehead atoms. The molecule has 1 amide bonds. The predicted molar refractivity (Wildman–Crippen MR) is 87.5 cm³/mol. The molecule has 0 radical (unpaired) electrons. The van der Waals surface area contributed by atoms with E-state index in [9.17, 15) is 18.4 Å². The van der Waals surface area contributed by atoms with Crippen LogP contribution < -0.4 is 10.1 Å². The molecule has 0 aliphatic heterocycles. The molecule has 0 unspecified atom stereocenters. The Balaban J connectivity index is 1.82. The molecule has 2 aromatic carbocycles. The van der Waals surface area contributed by atoms with Crippen molar-refractivity contribution < 1.29 is 27.8 Å².